The molecule has 31 heavy (non-hydrogen) atoms. The van der Waals surface area contributed by atoms with E-state index < -0.39 is 0 Å². The van der Waals surface area contributed by atoms with Crippen LogP contribution in [0.4, 0.5) is 10.1 Å². The number of carbonyl (C=O) groups is 1. The fraction of sp³-hybridized carbons (Fsp3) is 0.542. The molecule has 1 amide bonds. The van der Waals surface area contributed by atoms with Crippen LogP contribution in [-0.4, -0.2) is 67.6 Å². The summed E-state index contributed by atoms with van der Waals surface area (Å²) in [6.45, 7) is 9.84. The molecule has 6 nitrogen and oxygen atoms in total. The molecule has 0 aliphatic carbocycles. The third-order valence-corrected chi connectivity index (χ3v) is 6.57. The summed E-state index contributed by atoms with van der Waals surface area (Å²) >= 11 is 0. The maximum absolute atomic E-state index is 13.2. The Balaban J connectivity index is 1.30. The number of amides is 1. The summed E-state index contributed by atoms with van der Waals surface area (Å²) in [7, 11) is 0. The molecule has 2 aliphatic heterocycles. The molecule has 1 aromatic heterocycles. The molecule has 2 saturated heterocycles. The number of rotatable bonds is 7. The van der Waals surface area contributed by atoms with Gasteiger partial charge in [-0.1, -0.05) is 0 Å². The minimum absolute atomic E-state index is 0.0581. The van der Waals surface area contributed by atoms with Gasteiger partial charge in [0.1, 0.15) is 17.3 Å². The van der Waals surface area contributed by atoms with Crippen molar-refractivity contribution in [3.05, 3.63) is 53.7 Å². The van der Waals surface area contributed by atoms with Crippen LogP contribution in [0.25, 0.3) is 0 Å². The number of likely N-dealkylation sites (tertiary alicyclic amines) is 1. The van der Waals surface area contributed by atoms with Gasteiger partial charge in [0.2, 0.25) is 5.91 Å². The molecule has 3 heterocycles. The Morgan fingerprint density at radius 2 is 1.68 bits per heavy atom. The smallest absolute Gasteiger partial charge is 0.237 e. The lowest BCUT2D eigenvalue weighted by Gasteiger charge is -2.38. The Hall–Kier alpha value is -2.38. The van der Waals surface area contributed by atoms with Gasteiger partial charge in [0.05, 0.1) is 12.1 Å². The van der Waals surface area contributed by atoms with Gasteiger partial charge in [-0.05, 0) is 76.2 Å². The number of aryl methyl sites for hydroxylation is 1. The largest absolute Gasteiger partial charge is 0.465 e. The lowest BCUT2D eigenvalue weighted by atomic mass is 10.1. The van der Waals surface area contributed by atoms with E-state index in [1.807, 2.05) is 38.1 Å². The molecule has 2 aromatic rings. The zero-order valence-corrected chi connectivity index (χ0v) is 18.5. The number of furan rings is 1. The first kappa shape index (κ1) is 21.8. The van der Waals surface area contributed by atoms with Crippen LogP contribution < -0.4 is 10.2 Å². The molecular formula is C24H33FN4O2. The summed E-state index contributed by atoms with van der Waals surface area (Å²) in [5.41, 5.74) is 1.03. The van der Waals surface area contributed by atoms with E-state index in [1.54, 1.807) is 0 Å². The van der Waals surface area contributed by atoms with Crippen LogP contribution in [-0.2, 0) is 4.79 Å². The Morgan fingerprint density at radius 1 is 1.00 bits per heavy atom. The number of halogens is 1. The average molecular weight is 429 g/mol. The lowest BCUT2D eigenvalue weighted by Crippen LogP contribution is -2.54. The SMILES string of the molecule is Cc1ccc(C(CNC(=O)C(C)N2CCN(c3ccc(F)cc3)CC2)N2CCCC2)o1. The fourth-order valence-electron chi connectivity index (χ4n) is 4.63. The molecule has 0 bridgehead atoms. The predicted octanol–water partition coefficient (Wildman–Crippen LogP) is 3.19. The van der Waals surface area contributed by atoms with Crippen molar-refractivity contribution in [2.75, 3.05) is 50.7 Å². The third-order valence-electron chi connectivity index (χ3n) is 6.57. The number of piperazine rings is 1. The maximum atomic E-state index is 13.2. The molecule has 0 radical (unpaired) electrons. The van der Waals surface area contributed by atoms with Crippen molar-refractivity contribution in [1.29, 1.82) is 0 Å². The molecule has 1 N–H and O–H groups in total. The van der Waals surface area contributed by atoms with Gasteiger partial charge in [0, 0.05) is 38.4 Å². The van der Waals surface area contributed by atoms with Crippen LogP contribution >= 0.6 is 0 Å². The van der Waals surface area contributed by atoms with Crippen molar-refractivity contribution in [3.8, 4) is 0 Å². The van der Waals surface area contributed by atoms with Gasteiger partial charge < -0.3 is 14.6 Å². The summed E-state index contributed by atoms with van der Waals surface area (Å²) in [4.78, 5) is 19.8. The first-order valence-corrected chi connectivity index (χ1v) is 11.3. The van der Waals surface area contributed by atoms with Crippen molar-refractivity contribution in [2.24, 2.45) is 0 Å². The van der Waals surface area contributed by atoms with Crippen molar-refractivity contribution in [1.82, 2.24) is 15.1 Å². The van der Waals surface area contributed by atoms with Gasteiger partial charge in [0.25, 0.3) is 0 Å². The molecule has 1 aromatic carbocycles. The standard InChI is InChI=1S/C24H33FN4O2/c1-18-5-10-23(31-18)22(29-11-3-4-12-29)17-26-24(30)19(2)27-13-15-28(16-14-27)21-8-6-20(25)7-9-21/h5-10,19,22H,3-4,11-17H2,1-2H3,(H,26,30). The first-order chi connectivity index (χ1) is 15.0. The average Bonchev–Trinajstić information content (AvgIpc) is 3.46. The zero-order valence-electron chi connectivity index (χ0n) is 18.5. The van der Waals surface area contributed by atoms with Gasteiger partial charge in [-0.2, -0.15) is 0 Å². The molecule has 7 heteroatoms. The molecular weight excluding hydrogens is 395 g/mol. The van der Waals surface area contributed by atoms with Crippen molar-refractivity contribution >= 4 is 11.6 Å². The minimum Gasteiger partial charge on any atom is -0.465 e. The second kappa shape index (κ2) is 9.83. The van der Waals surface area contributed by atoms with Crippen LogP contribution in [0.1, 0.15) is 37.3 Å². The second-order valence-electron chi connectivity index (χ2n) is 8.63. The summed E-state index contributed by atoms with van der Waals surface area (Å²) in [5, 5.41) is 3.18. The van der Waals surface area contributed by atoms with Crippen LogP contribution in [0.3, 0.4) is 0 Å². The molecule has 0 saturated carbocycles. The number of hydrogen-bond acceptors (Lipinski definition) is 5. The zero-order chi connectivity index (χ0) is 21.8. The van der Waals surface area contributed by atoms with Crippen molar-refractivity contribution in [2.45, 2.75) is 38.8 Å². The van der Waals surface area contributed by atoms with E-state index in [4.69, 9.17) is 4.42 Å². The normalized spacial score (nSPS) is 20.0. The van der Waals surface area contributed by atoms with Gasteiger partial charge in [-0.15, -0.1) is 0 Å². The summed E-state index contributed by atoms with van der Waals surface area (Å²) in [6, 6.07) is 10.5. The highest BCUT2D eigenvalue weighted by Gasteiger charge is 2.29. The highest BCUT2D eigenvalue weighted by Crippen LogP contribution is 2.26. The van der Waals surface area contributed by atoms with E-state index >= 15 is 0 Å². The predicted molar refractivity (Wildman–Crippen MR) is 120 cm³/mol. The molecule has 2 unspecified atom stereocenters. The lowest BCUT2D eigenvalue weighted by molar-refractivity contribution is -0.126. The number of hydrogen-bond donors (Lipinski definition) is 1. The van der Waals surface area contributed by atoms with Gasteiger partial charge in [-0.25, -0.2) is 4.39 Å². The van der Waals surface area contributed by atoms with Crippen LogP contribution in [0.5, 0.6) is 0 Å². The molecule has 2 fully saturated rings. The van der Waals surface area contributed by atoms with Gasteiger partial charge >= 0.3 is 0 Å². The number of carbonyl (C=O) groups excluding carboxylic acids is 1. The third kappa shape index (κ3) is 5.28. The Morgan fingerprint density at radius 3 is 2.29 bits per heavy atom. The summed E-state index contributed by atoms with van der Waals surface area (Å²) in [6.07, 6.45) is 2.39. The summed E-state index contributed by atoms with van der Waals surface area (Å²) in [5.74, 6) is 1.67. The molecule has 4 rings (SSSR count). The highest BCUT2D eigenvalue weighted by atomic mass is 19.1. The van der Waals surface area contributed by atoms with Crippen LogP contribution in [0.15, 0.2) is 40.8 Å². The van der Waals surface area contributed by atoms with Gasteiger partial charge in [-0.3, -0.25) is 14.6 Å². The quantitative estimate of drug-likeness (QED) is 0.734. The molecule has 0 spiro atoms. The summed E-state index contributed by atoms with van der Waals surface area (Å²) < 4.78 is 19.1. The number of nitrogens with one attached hydrogen (secondary N) is 1. The van der Waals surface area contributed by atoms with E-state index in [0.717, 1.165) is 56.5 Å². The number of anilines is 1. The first-order valence-electron chi connectivity index (χ1n) is 11.3. The van der Waals surface area contributed by atoms with E-state index in [1.165, 1.54) is 25.0 Å². The van der Waals surface area contributed by atoms with Crippen molar-refractivity contribution < 1.29 is 13.6 Å². The van der Waals surface area contributed by atoms with E-state index in [0.29, 0.717) is 6.54 Å². The second-order valence-corrected chi connectivity index (χ2v) is 8.63. The van der Waals surface area contributed by atoms with E-state index in [9.17, 15) is 9.18 Å². The van der Waals surface area contributed by atoms with Crippen molar-refractivity contribution in [3.63, 3.8) is 0 Å². The topological polar surface area (TPSA) is 52.0 Å². The van der Waals surface area contributed by atoms with Crippen LogP contribution in [0.2, 0.25) is 0 Å². The molecule has 2 atom stereocenters. The highest BCUT2D eigenvalue weighted by molar-refractivity contribution is 5.81. The number of nitrogens with zero attached hydrogens (tertiary/aromatic N) is 3. The van der Waals surface area contributed by atoms with Crippen LogP contribution in [0, 0.1) is 12.7 Å². The fourth-order valence-corrected chi connectivity index (χ4v) is 4.63. The monoisotopic (exact) mass is 428 g/mol. The molecule has 168 valence electrons. The van der Waals surface area contributed by atoms with E-state index in [2.05, 4.69) is 20.0 Å². The Kier molecular flexibility index (Phi) is 6.92. The Bertz CT molecular complexity index is 855. The van der Waals surface area contributed by atoms with E-state index in [-0.39, 0.29) is 23.8 Å². The minimum atomic E-state index is -0.218. The number of benzene rings is 1. The maximum Gasteiger partial charge on any atom is 0.237 e. The Labute approximate surface area is 184 Å². The molecule has 2 aliphatic rings. The van der Waals surface area contributed by atoms with Gasteiger partial charge in [0.15, 0.2) is 0 Å².